The first-order valence-corrected chi connectivity index (χ1v) is 19.4. The lowest BCUT2D eigenvalue weighted by atomic mass is 9.82. The second-order valence-electron chi connectivity index (χ2n) is 13.9. The van der Waals surface area contributed by atoms with Gasteiger partial charge in [0.25, 0.3) is 0 Å². The quantitative estimate of drug-likeness (QED) is 0.142. The van der Waals surface area contributed by atoms with E-state index in [0.717, 1.165) is 31.4 Å². The molecular weight excluding hydrogens is 675 g/mol. The Morgan fingerprint density at radius 2 is 1.82 bits per heavy atom. The highest BCUT2D eigenvalue weighted by Gasteiger charge is 2.34. The molecule has 0 unspecified atom stereocenters. The molecule has 5 N–H and O–H groups in total. The third-order valence-corrected chi connectivity index (χ3v) is 10.8. The summed E-state index contributed by atoms with van der Waals surface area (Å²) in [6, 6.07) is 4.96. The molecule has 1 aliphatic carbocycles. The predicted octanol–water partition coefficient (Wildman–Crippen LogP) is 4.08. The van der Waals surface area contributed by atoms with Crippen LogP contribution in [-0.2, 0) is 33.8 Å². The van der Waals surface area contributed by atoms with E-state index in [1.807, 2.05) is 37.4 Å². The number of aliphatic hydroxyl groups excluding tert-OH is 2. The Morgan fingerprint density at radius 3 is 2.46 bits per heavy atom. The largest absolute Gasteiger partial charge is 0.390 e. The van der Waals surface area contributed by atoms with Crippen LogP contribution in [0.25, 0.3) is 0 Å². The van der Waals surface area contributed by atoms with Crippen LogP contribution in [0.15, 0.2) is 41.4 Å². The van der Waals surface area contributed by atoms with Crippen LogP contribution >= 0.6 is 22.7 Å². The molecule has 3 aromatic rings. The number of nitrogens with two attached hydrogens (primary N) is 1. The number of pyridine rings is 1. The van der Waals surface area contributed by atoms with Gasteiger partial charge in [-0.05, 0) is 36.8 Å². The molecule has 0 radical (unpaired) electrons. The zero-order valence-electron chi connectivity index (χ0n) is 29.4. The number of aromatic nitrogens is 3. The van der Waals surface area contributed by atoms with Crippen molar-refractivity contribution in [1.82, 2.24) is 30.1 Å². The van der Waals surface area contributed by atoms with Crippen LogP contribution in [0.1, 0.15) is 81.6 Å². The number of hydrogen-bond acceptors (Lipinski definition) is 11. The van der Waals surface area contributed by atoms with Gasteiger partial charge in [0.1, 0.15) is 17.7 Å². The molecule has 14 heteroatoms. The third kappa shape index (κ3) is 12.7. The summed E-state index contributed by atoms with van der Waals surface area (Å²) in [4.78, 5) is 57.7. The van der Waals surface area contributed by atoms with Crippen molar-refractivity contribution in [2.24, 2.45) is 17.8 Å². The van der Waals surface area contributed by atoms with Gasteiger partial charge < -0.3 is 31.1 Å². The fourth-order valence-corrected chi connectivity index (χ4v) is 7.69. The van der Waals surface area contributed by atoms with Crippen LogP contribution in [0.3, 0.4) is 0 Å². The molecule has 0 aromatic carbocycles. The maximum Gasteiger partial charge on any atom is 0.241 e. The molecule has 3 amide bonds. The van der Waals surface area contributed by atoms with Crippen LogP contribution < -0.4 is 11.1 Å². The summed E-state index contributed by atoms with van der Waals surface area (Å²) in [5.41, 5.74) is 7.37. The molecule has 274 valence electrons. The van der Waals surface area contributed by atoms with Gasteiger partial charge in [-0.25, -0.2) is 9.97 Å². The Balaban J connectivity index is 1.52. The number of thiazole rings is 2. The molecule has 12 nitrogen and oxygen atoms in total. The van der Waals surface area contributed by atoms with E-state index in [1.165, 1.54) is 34.0 Å². The number of nitrogens with zero attached hydrogens (tertiary/aromatic N) is 5. The Kier molecular flexibility index (Phi) is 15.6. The van der Waals surface area contributed by atoms with Crippen LogP contribution in [0, 0.1) is 17.8 Å². The molecule has 50 heavy (non-hydrogen) atoms. The van der Waals surface area contributed by atoms with E-state index >= 15 is 0 Å². The maximum absolute atomic E-state index is 14.2. The smallest absolute Gasteiger partial charge is 0.241 e. The number of carbonyl (C=O) groups is 3. The van der Waals surface area contributed by atoms with Crippen LogP contribution in [0.4, 0.5) is 5.13 Å². The Bertz CT molecular complexity index is 1470. The fourth-order valence-electron chi connectivity index (χ4n) is 6.49. The van der Waals surface area contributed by atoms with Gasteiger partial charge in [-0.3, -0.25) is 19.4 Å². The number of carbonyl (C=O) groups excluding carboxylic acids is 3. The monoisotopic (exact) mass is 727 g/mol. The zero-order chi connectivity index (χ0) is 36.0. The first kappa shape index (κ1) is 39.3. The molecule has 3 heterocycles. The number of nitrogen functional groups attached to an aromatic ring is 1. The van der Waals surface area contributed by atoms with Gasteiger partial charge in [-0.15, -0.1) is 22.7 Å². The number of hydrogen-bond donors (Lipinski definition) is 4. The van der Waals surface area contributed by atoms with Gasteiger partial charge in [0, 0.05) is 61.7 Å². The van der Waals surface area contributed by atoms with E-state index in [1.54, 1.807) is 29.7 Å². The van der Waals surface area contributed by atoms with Crippen molar-refractivity contribution >= 4 is 45.5 Å². The van der Waals surface area contributed by atoms with Gasteiger partial charge in [0.2, 0.25) is 17.7 Å². The number of rotatable bonds is 19. The van der Waals surface area contributed by atoms with Gasteiger partial charge in [0.15, 0.2) is 5.13 Å². The number of nitrogens with one attached hydrogen (secondary N) is 1. The number of likely N-dealkylation sites (N-methyl/N-ethyl adjacent to an activating group) is 1. The van der Waals surface area contributed by atoms with Crippen molar-refractivity contribution in [3.05, 3.63) is 57.7 Å². The van der Waals surface area contributed by atoms with Crippen molar-refractivity contribution in [2.45, 2.75) is 103 Å². The lowest BCUT2D eigenvalue weighted by Crippen LogP contribution is -2.52. The topological polar surface area (TPSA) is 175 Å². The van der Waals surface area contributed by atoms with Crippen LogP contribution in [0.2, 0.25) is 0 Å². The van der Waals surface area contributed by atoms with Gasteiger partial charge in [0.05, 0.1) is 30.3 Å². The van der Waals surface area contributed by atoms with Gasteiger partial charge in [-0.1, -0.05) is 52.0 Å². The number of aliphatic hydroxyl groups is 2. The SMILES string of the molecule is CC(C)C[C@H](O)[C@H](O)[C@H](CC1CCCCC1)NC(=O)[C@@H](CC(=O)N(CC(=O)N(C)CCc1ccccn1)Cc1nccs1)Cc1csc(N)n1. The third-order valence-electron chi connectivity index (χ3n) is 9.32. The van der Waals surface area contributed by atoms with Crippen molar-refractivity contribution in [3.8, 4) is 0 Å². The van der Waals surface area contributed by atoms with E-state index in [2.05, 4.69) is 20.3 Å². The van der Waals surface area contributed by atoms with E-state index in [0.29, 0.717) is 47.6 Å². The zero-order valence-corrected chi connectivity index (χ0v) is 31.1. The summed E-state index contributed by atoms with van der Waals surface area (Å²) in [6.45, 7) is 4.33. The fraction of sp³-hybridized carbons (Fsp3) is 0.611. The first-order chi connectivity index (χ1) is 24.0. The van der Waals surface area contributed by atoms with Gasteiger partial charge in [-0.2, -0.15) is 0 Å². The molecule has 0 spiro atoms. The standard InChI is InChI=1S/C36H53N7O5S2/c1-24(2)17-30(44)34(47)29(18-25-9-5-4-6-10-25)41-35(48)26(19-28-23-50-36(37)40-28)20-32(45)43(21-31-39-14-16-49-31)22-33(46)42(3)15-12-27-11-7-8-13-38-27/h7-8,11,13-14,16,23-26,29-30,34,44,47H,4-6,9-10,12,15,17-22H2,1-3H3,(H2,37,40)(H,41,48)/t26-,29+,30+,34-/m1/s1. The minimum atomic E-state index is -1.16. The normalized spacial score (nSPS) is 16.0. The average molecular weight is 728 g/mol. The second-order valence-corrected chi connectivity index (χ2v) is 15.8. The highest BCUT2D eigenvalue weighted by Crippen LogP contribution is 2.29. The van der Waals surface area contributed by atoms with Crippen molar-refractivity contribution in [1.29, 1.82) is 0 Å². The van der Waals surface area contributed by atoms with Crippen LogP contribution in [0.5, 0.6) is 0 Å². The van der Waals surface area contributed by atoms with E-state index < -0.39 is 30.1 Å². The van der Waals surface area contributed by atoms with Crippen LogP contribution in [-0.4, -0.2) is 91.1 Å². The molecule has 0 aliphatic heterocycles. The minimum Gasteiger partial charge on any atom is -0.390 e. The molecule has 0 bridgehead atoms. The van der Waals surface area contributed by atoms with E-state index in [-0.39, 0.29) is 43.7 Å². The Morgan fingerprint density at radius 1 is 1.04 bits per heavy atom. The molecule has 4 atom stereocenters. The Hall–Kier alpha value is -3.46. The summed E-state index contributed by atoms with van der Waals surface area (Å²) >= 11 is 2.64. The summed E-state index contributed by atoms with van der Waals surface area (Å²) in [6.07, 6.45) is 8.07. The average Bonchev–Trinajstić information content (AvgIpc) is 3.77. The second kappa shape index (κ2) is 19.8. The molecule has 4 rings (SSSR count). The minimum absolute atomic E-state index is 0.124. The molecular formula is C36H53N7O5S2. The van der Waals surface area contributed by atoms with Crippen molar-refractivity contribution < 1.29 is 24.6 Å². The highest BCUT2D eigenvalue weighted by atomic mass is 32.1. The lowest BCUT2D eigenvalue weighted by Gasteiger charge is -2.33. The number of amides is 3. The molecule has 1 saturated carbocycles. The van der Waals surface area contributed by atoms with Crippen molar-refractivity contribution in [3.63, 3.8) is 0 Å². The summed E-state index contributed by atoms with van der Waals surface area (Å²) < 4.78 is 0. The molecule has 0 saturated heterocycles. The Labute approximate surface area is 303 Å². The predicted molar refractivity (Wildman–Crippen MR) is 196 cm³/mol. The summed E-state index contributed by atoms with van der Waals surface area (Å²) in [7, 11) is 1.70. The number of anilines is 1. The van der Waals surface area contributed by atoms with Gasteiger partial charge >= 0.3 is 0 Å². The molecule has 3 aromatic heterocycles. The maximum atomic E-state index is 14.2. The molecule has 1 aliphatic rings. The first-order valence-electron chi connectivity index (χ1n) is 17.6. The summed E-state index contributed by atoms with van der Waals surface area (Å²) in [5.74, 6) is -1.40. The highest BCUT2D eigenvalue weighted by molar-refractivity contribution is 7.13. The van der Waals surface area contributed by atoms with Crippen molar-refractivity contribution in [2.75, 3.05) is 25.9 Å². The van der Waals surface area contributed by atoms with E-state index in [4.69, 9.17) is 5.73 Å². The molecule has 1 fully saturated rings. The van der Waals surface area contributed by atoms with E-state index in [9.17, 15) is 24.6 Å². The lowest BCUT2D eigenvalue weighted by molar-refractivity contribution is -0.142. The summed E-state index contributed by atoms with van der Waals surface area (Å²) in [5, 5.41) is 29.9.